The van der Waals surface area contributed by atoms with E-state index in [0.29, 0.717) is 16.5 Å². The number of hydrogen-bond acceptors (Lipinski definition) is 4. The van der Waals surface area contributed by atoms with Gasteiger partial charge in [-0.1, -0.05) is 23.2 Å². The van der Waals surface area contributed by atoms with Gasteiger partial charge in [0, 0.05) is 11.1 Å². The summed E-state index contributed by atoms with van der Waals surface area (Å²) in [6.45, 7) is 1.82. The van der Waals surface area contributed by atoms with Crippen molar-refractivity contribution in [2.45, 2.75) is 6.92 Å². The van der Waals surface area contributed by atoms with E-state index in [1.54, 1.807) is 12.1 Å². The molecule has 0 fully saturated rings. The summed E-state index contributed by atoms with van der Waals surface area (Å²) in [6, 6.07) is 6.37. The van der Waals surface area contributed by atoms with Gasteiger partial charge in [0.1, 0.15) is 17.3 Å². The van der Waals surface area contributed by atoms with Crippen molar-refractivity contribution in [3.05, 3.63) is 45.6 Å². The van der Waals surface area contributed by atoms with Crippen LogP contribution in [0.25, 0.3) is 0 Å². The zero-order chi connectivity index (χ0) is 15.6. The maximum absolute atomic E-state index is 12.2. The molecule has 1 aromatic heterocycles. The van der Waals surface area contributed by atoms with E-state index in [2.05, 4.69) is 10.3 Å². The van der Waals surface area contributed by atoms with Crippen molar-refractivity contribution in [3.8, 4) is 5.75 Å². The van der Waals surface area contributed by atoms with Gasteiger partial charge in [0.25, 0.3) is 5.91 Å². The molecule has 3 N–H and O–H groups in total. The van der Waals surface area contributed by atoms with Crippen LogP contribution in [0, 0.1) is 6.92 Å². The number of pyridine rings is 1. The number of anilines is 2. The monoisotopic (exact) mass is 325 g/mol. The fourth-order valence-electron chi connectivity index (χ4n) is 1.73. The summed E-state index contributed by atoms with van der Waals surface area (Å²) in [5.41, 5.74) is 6.90. The normalized spacial score (nSPS) is 10.3. The second-order valence-electron chi connectivity index (χ2n) is 4.32. The number of ether oxygens (including phenoxy) is 1. The summed E-state index contributed by atoms with van der Waals surface area (Å²) < 4.78 is 5.19. The van der Waals surface area contributed by atoms with E-state index in [9.17, 15) is 4.79 Å². The first-order valence-corrected chi connectivity index (χ1v) is 6.75. The highest BCUT2D eigenvalue weighted by Crippen LogP contribution is 2.31. The average Bonchev–Trinajstić information content (AvgIpc) is 2.45. The van der Waals surface area contributed by atoms with Crippen LogP contribution in [0.3, 0.4) is 0 Å². The Labute approximate surface area is 132 Å². The Morgan fingerprint density at radius 2 is 2.00 bits per heavy atom. The van der Waals surface area contributed by atoms with Gasteiger partial charge in [-0.15, -0.1) is 0 Å². The standard InChI is InChI=1S/C14H13Cl2N3O2/c1-7-5-10(11(21-2)6-9(7)16)18-14(20)13-8(15)3-4-12(17)19-13/h3-6H,1-2H3,(H2,17,19)(H,18,20). The number of methoxy groups -OCH3 is 1. The Morgan fingerprint density at radius 1 is 1.29 bits per heavy atom. The van der Waals surface area contributed by atoms with Crippen molar-refractivity contribution in [1.29, 1.82) is 0 Å². The molecule has 0 atom stereocenters. The van der Waals surface area contributed by atoms with Crippen molar-refractivity contribution < 1.29 is 9.53 Å². The van der Waals surface area contributed by atoms with Gasteiger partial charge in [-0.3, -0.25) is 4.79 Å². The topological polar surface area (TPSA) is 77.2 Å². The number of amides is 1. The molecule has 0 aliphatic heterocycles. The van der Waals surface area contributed by atoms with E-state index >= 15 is 0 Å². The second-order valence-corrected chi connectivity index (χ2v) is 5.14. The van der Waals surface area contributed by atoms with Gasteiger partial charge in [-0.2, -0.15) is 0 Å². The molecular formula is C14H13Cl2N3O2. The highest BCUT2D eigenvalue weighted by atomic mass is 35.5. The number of hydrogen-bond donors (Lipinski definition) is 2. The number of aryl methyl sites for hydroxylation is 1. The number of carbonyl (C=O) groups is 1. The van der Waals surface area contributed by atoms with Crippen LogP contribution in [0.15, 0.2) is 24.3 Å². The SMILES string of the molecule is COc1cc(Cl)c(C)cc1NC(=O)c1nc(N)ccc1Cl. The maximum atomic E-state index is 12.2. The van der Waals surface area contributed by atoms with Crippen molar-refractivity contribution >= 4 is 40.6 Å². The third-order valence-electron chi connectivity index (χ3n) is 2.81. The summed E-state index contributed by atoms with van der Waals surface area (Å²) in [5.74, 6) is 0.176. The minimum Gasteiger partial charge on any atom is -0.495 e. The van der Waals surface area contributed by atoms with Crippen LogP contribution >= 0.6 is 23.2 Å². The number of nitrogens with one attached hydrogen (secondary N) is 1. The summed E-state index contributed by atoms with van der Waals surface area (Å²) in [5, 5.41) is 3.45. The van der Waals surface area contributed by atoms with Crippen LogP contribution in [0.5, 0.6) is 5.75 Å². The molecule has 0 unspecified atom stereocenters. The lowest BCUT2D eigenvalue weighted by molar-refractivity contribution is 0.102. The lowest BCUT2D eigenvalue weighted by Crippen LogP contribution is -2.15. The molecule has 0 radical (unpaired) electrons. The lowest BCUT2D eigenvalue weighted by atomic mass is 10.2. The van der Waals surface area contributed by atoms with Gasteiger partial charge in [-0.25, -0.2) is 4.98 Å². The highest BCUT2D eigenvalue weighted by molar-refractivity contribution is 6.34. The first kappa shape index (κ1) is 15.4. The van der Waals surface area contributed by atoms with E-state index in [1.807, 2.05) is 6.92 Å². The molecule has 2 aromatic rings. The lowest BCUT2D eigenvalue weighted by Gasteiger charge is -2.12. The van der Waals surface area contributed by atoms with Gasteiger partial charge in [0.15, 0.2) is 0 Å². The predicted octanol–water partition coefficient (Wildman–Crippen LogP) is 3.54. The first-order valence-electron chi connectivity index (χ1n) is 6.00. The number of nitrogen functional groups attached to an aromatic ring is 1. The Hall–Kier alpha value is -1.98. The molecule has 1 amide bonds. The van der Waals surface area contributed by atoms with Crippen molar-refractivity contribution in [1.82, 2.24) is 4.98 Å². The van der Waals surface area contributed by atoms with E-state index in [4.69, 9.17) is 33.7 Å². The maximum Gasteiger partial charge on any atom is 0.276 e. The van der Waals surface area contributed by atoms with Gasteiger partial charge in [0.2, 0.25) is 0 Å². The molecule has 2 rings (SSSR count). The molecule has 0 saturated heterocycles. The van der Waals surface area contributed by atoms with Gasteiger partial charge < -0.3 is 15.8 Å². The molecule has 21 heavy (non-hydrogen) atoms. The van der Waals surface area contributed by atoms with Gasteiger partial charge in [-0.05, 0) is 30.7 Å². The quantitative estimate of drug-likeness (QED) is 0.904. The zero-order valence-corrected chi connectivity index (χ0v) is 12.9. The number of rotatable bonds is 3. The molecule has 0 spiro atoms. The molecule has 1 heterocycles. The first-order chi connectivity index (χ1) is 9.92. The largest absolute Gasteiger partial charge is 0.495 e. The van der Waals surface area contributed by atoms with E-state index < -0.39 is 5.91 Å². The summed E-state index contributed by atoms with van der Waals surface area (Å²) >= 11 is 12.0. The summed E-state index contributed by atoms with van der Waals surface area (Å²) in [6.07, 6.45) is 0. The van der Waals surface area contributed by atoms with Gasteiger partial charge >= 0.3 is 0 Å². The predicted molar refractivity (Wildman–Crippen MR) is 84.4 cm³/mol. The molecule has 0 aliphatic carbocycles. The fraction of sp³-hybridized carbons (Fsp3) is 0.143. The van der Waals surface area contributed by atoms with E-state index in [0.717, 1.165) is 5.56 Å². The van der Waals surface area contributed by atoms with Crippen molar-refractivity contribution in [2.24, 2.45) is 0 Å². The minimum atomic E-state index is -0.479. The van der Waals surface area contributed by atoms with Crippen LogP contribution in [0.2, 0.25) is 10.0 Å². The van der Waals surface area contributed by atoms with E-state index in [1.165, 1.54) is 19.2 Å². The molecule has 7 heteroatoms. The van der Waals surface area contributed by atoms with Crippen molar-refractivity contribution in [3.63, 3.8) is 0 Å². The number of benzene rings is 1. The fourth-order valence-corrected chi connectivity index (χ4v) is 2.07. The van der Waals surface area contributed by atoms with Crippen LogP contribution in [-0.2, 0) is 0 Å². The molecule has 0 saturated carbocycles. The number of nitrogens with two attached hydrogens (primary N) is 1. The average molecular weight is 326 g/mol. The zero-order valence-electron chi connectivity index (χ0n) is 11.4. The molecule has 0 bridgehead atoms. The Balaban J connectivity index is 2.35. The summed E-state index contributed by atoms with van der Waals surface area (Å²) in [4.78, 5) is 16.2. The molecule has 1 aromatic carbocycles. The van der Waals surface area contributed by atoms with Crippen molar-refractivity contribution in [2.75, 3.05) is 18.2 Å². The highest BCUT2D eigenvalue weighted by Gasteiger charge is 2.16. The molecule has 0 aliphatic rings. The third-order valence-corrected chi connectivity index (χ3v) is 3.52. The number of aromatic nitrogens is 1. The Kier molecular flexibility index (Phi) is 4.55. The molecular weight excluding hydrogens is 313 g/mol. The third kappa shape index (κ3) is 3.37. The number of halogens is 2. The van der Waals surface area contributed by atoms with Crippen LogP contribution < -0.4 is 15.8 Å². The summed E-state index contributed by atoms with van der Waals surface area (Å²) in [7, 11) is 1.49. The second kappa shape index (κ2) is 6.20. The number of carbonyl (C=O) groups excluding carboxylic acids is 1. The van der Waals surface area contributed by atoms with E-state index in [-0.39, 0.29) is 16.5 Å². The van der Waals surface area contributed by atoms with Crippen LogP contribution in [0.4, 0.5) is 11.5 Å². The van der Waals surface area contributed by atoms with Gasteiger partial charge in [0.05, 0.1) is 17.8 Å². The van der Waals surface area contributed by atoms with Crippen LogP contribution in [0.1, 0.15) is 16.1 Å². The minimum absolute atomic E-state index is 0.0475. The Morgan fingerprint density at radius 3 is 2.67 bits per heavy atom. The smallest absolute Gasteiger partial charge is 0.276 e. The molecule has 5 nitrogen and oxygen atoms in total. The number of nitrogens with zero attached hydrogens (tertiary/aromatic N) is 1. The van der Waals surface area contributed by atoms with Crippen LogP contribution in [-0.4, -0.2) is 18.0 Å². The Bertz CT molecular complexity index is 705. The molecule has 110 valence electrons.